The Kier molecular flexibility index (Phi) is 6.69. The lowest BCUT2D eigenvalue weighted by molar-refractivity contribution is -0.135. The second-order valence-electron chi connectivity index (χ2n) is 5.68. The minimum Gasteiger partial charge on any atom is -0.355 e. The number of carbonyl (C=O) groups excluding carboxylic acids is 2. The Hall–Kier alpha value is -1.30. The maximum atomic E-state index is 12.4. The minimum atomic E-state index is -0.159. The molecule has 126 valence electrons. The zero-order chi connectivity index (χ0) is 16.8. The van der Waals surface area contributed by atoms with E-state index in [0.29, 0.717) is 36.2 Å². The van der Waals surface area contributed by atoms with Crippen LogP contribution in [0.15, 0.2) is 18.2 Å². The molecule has 0 aliphatic carbocycles. The molecule has 23 heavy (non-hydrogen) atoms. The van der Waals surface area contributed by atoms with E-state index in [4.69, 9.17) is 28.9 Å². The Balaban J connectivity index is 1.93. The second kappa shape index (κ2) is 8.52. The highest BCUT2D eigenvalue weighted by Crippen LogP contribution is 2.23. The van der Waals surface area contributed by atoms with E-state index in [1.807, 2.05) is 0 Å². The summed E-state index contributed by atoms with van der Waals surface area (Å²) < 4.78 is 0. The SMILES string of the molecule is NCCNC(=O)C1CCCN(C(=O)Cc2ccc(Cl)c(Cl)c2)C1. The van der Waals surface area contributed by atoms with Gasteiger partial charge < -0.3 is 16.0 Å². The van der Waals surface area contributed by atoms with Crippen molar-refractivity contribution in [2.24, 2.45) is 11.7 Å². The smallest absolute Gasteiger partial charge is 0.227 e. The summed E-state index contributed by atoms with van der Waals surface area (Å²) in [6.45, 7) is 2.02. The van der Waals surface area contributed by atoms with Crippen molar-refractivity contribution in [2.45, 2.75) is 19.3 Å². The first kappa shape index (κ1) is 18.0. The van der Waals surface area contributed by atoms with Crippen LogP contribution < -0.4 is 11.1 Å². The summed E-state index contributed by atoms with van der Waals surface area (Å²) >= 11 is 11.9. The van der Waals surface area contributed by atoms with Crippen molar-refractivity contribution in [3.63, 3.8) is 0 Å². The van der Waals surface area contributed by atoms with Crippen LogP contribution in [0, 0.1) is 5.92 Å². The summed E-state index contributed by atoms with van der Waals surface area (Å²) in [4.78, 5) is 26.2. The highest BCUT2D eigenvalue weighted by molar-refractivity contribution is 6.42. The summed E-state index contributed by atoms with van der Waals surface area (Å²) in [6, 6.07) is 5.18. The first-order valence-electron chi connectivity index (χ1n) is 7.70. The first-order valence-corrected chi connectivity index (χ1v) is 8.46. The number of nitrogens with one attached hydrogen (secondary N) is 1. The van der Waals surface area contributed by atoms with E-state index in [1.54, 1.807) is 23.1 Å². The van der Waals surface area contributed by atoms with E-state index in [1.165, 1.54) is 0 Å². The molecule has 5 nitrogen and oxygen atoms in total. The largest absolute Gasteiger partial charge is 0.355 e. The van der Waals surface area contributed by atoms with Crippen LogP contribution in [0.5, 0.6) is 0 Å². The van der Waals surface area contributed by atoms with Gasteiger partial charge in [0.05, 0.1) is 22.4 Å². The molecule has 1 aliphatic heterocycles. The van der Waals surface area contributed by atoms with E-state index >= 15 is 0 Å². The van der Waals surface area contributed by atoms with E-state index < -0.39 is 0 Å². The molecule has 1 aromatic rings. The molecule has 1 unspecified atom stereocenters. The van der Waals surface area contributed by atoms with Crippen molar-refractivity contribution in [3.05, 3.63) is 33.8 Å². The number of nitrogens with two attached hydrogens (primary N) is 1. The van der Waals surface area contributed by atoms with Gasteiger partial charge in [0.1, 0.15) is 0 Å². The topological polar surface area (TPSA) is 75.4 Å². The standard InChI is InChI=1S/C16H21Cl2N3O2/c17-13-4-3-11(8-14(13)18)9-15(22)21-7-1-2-12(10-21)16(23)20-6-5-19/h3-4,8,12H,1-2,5-7,9-10,19H2,(H,20,23). The average molecular weight is 358 g/mol. The third-order valence-corrected chi connectivity index (χ3v) is 4.67. The molecule has 0 saturated carbocycles. The average Bonchev–Trinajstić information content (AvgIpc) is 2.56. The molecule has 7 heteroatoms. The van der Waals surface area contributed by atoms with Crippen molar-refractivity contribution in [1.82, 2.24) is 10.2 Å². The van der Waals surface area contributed by atoms with Crippen molar-refractivity contribution < 1.29 is 9.59 Å². The van der Waals surface area contributed by atoms with Crippen LogP contribution >= 0.6 is 23.2 Å². The van der Waals surface area contributed by atoms with Gasteiger partial charge in [0, 0.05) is 26.2 Å². The molecular formula is C16H21Cl2N3O2. The van der Waals surface area contributed by atoms with Crippen molar-refractivity contribution in [3.8, 4) is 0 Å². The Morgan fingerprint density at radius 3 is 2.78 bits per heavy atom. The molecule has 0 spiro atoms. The maximum Gasteiger partial charge on any atom is 0.227 e. The van der Waals surface area contributed by atoms with Crippen LogP contribution in [0.2, 0.25) is 10.0 Å². The highest BCUT2D eigenvalue weighted by atomic mass is 35.5. The van der Waals surface area contributed by atoms with Gasteiger partial charge in [-0.05, 0) is 30.5 Å². The molecule has 0 bridgehead atoms. The van der Waals surface area contributed by atoms with Gasteiger partial charge in [0.2, 0.25) is 11.8 Å². The monoisotopic (exact) mass is 357 g/mol. The van der Waals surface area contributed by atoms with Gasteiger partial charge in [-0.1, -0.05) is 29.3 Å². The number of piperidine rings is 1. The zero-order valence-corrected chi connectivity index (χ0v) is 14.4. The molecular weight excluding hydrogens is 337 g/mol. The number of hydrogen-bond acceptors (Lipinski definition) is 3. The van der Waals surface area contributed by atoms with Gasteiger partial charge in [0.15, 0.2) is 0 Å². The highest BCUT2D eigenvalue weighted by Gasteiger charge is 2.28. The van der Waals surface area contributed by atoms with E-state index in [-0.39, 0.29) is 24.2 Å². The lowest BCUT2D eigenvalue weighted by Gasteiger charge is -2.32. The van der Waals surface area contributed by atoms with Crippen LogP contribution in [-0.2, 0) is 16.0 Å². The fourth-order valence-corrected chi connectivity index (χ4v) is 3.01. The molecule has 1 aromatic carbocycles. The number of amides is 2. The molecule has 2 amide bonds. The summed E-state index contributed by atoms with van der Waals surface area (Å²) in [6.07, 6.45) is 1.88. The normalized spacial score (nSPS) is 17.9. The lowest BCUT2D eigenvalue weighted by Crippen LogP contribution is -2.46. The van der Waals surface area contributed by atoms with E-state index in [0.717, 1.165) is 18.4 Å². The molecule has 2 rings (SSSR count). The summed E-state index contributed by atoms with van der Waals surface area (Å²) in [5.74, 6) is -0.185. The zero-order valence-electron chi connectivity index (χ0n) is 12.9. The summed E-state index contributed by atoms with van der Waals surface area (Å²) in [5, 5.41) is 3.70. The molecule has 1 fully saturated rings. The summed E-state index contributed by atoms with van der Waals surface area (Å²) in [7, 11) is 0. The molecule has 1 atom stereocenters. The van der Waals surface area contributed by atoms with Crippen molar-refractivity contribution >= 4 is 35.0 Å². The third-order valence-electron chi connectivity index (χ3n) is 3.93. The first-order chi connectivity index (χ1) is 11.0. The van der Waals surface area contributed by atoms with Crippen LogP contribution in [0.25, 0.3) is 0 Å². The maximum absolute atomic E-state index is 12.4. The third kappa shape index (κ3) is 5.09. The Bertz CT molecular complexity index is 580. The van der Waals surface area contributed by atoms with Gasteiger partial charge >= 0.3 is 0 Å². The number of likely N-dealkylation sites (tertiary alicyclic amines) is 1. The number of nitrogens with zero attached hydrogens (tertiary/aromatic N) is 1. The Morgan fingerprint density at radius 2 is 2.09 bits per heavy atom. The number of benzene rings is 1. The number of halogens is 2. The van der Waals surface area contributed by atoms with Gasteiger partial charge in [-0.15, -0.1) is 0 Å². The predicted molar refractivity (Wildman–Crippen MR) is 91.5 cm³/mol. The molecule has 1 saturated heterocycles. The lowest BCUT2D eigenvalue weighted by atomic mass is 9.96. The van der Waals surface area contributed by atoms with Crippen LogP contribution in [0.4, 0.5) is 0 Å². The fourth-order valence-electron chi connectivity index (χ4n) is 2.69. The Morgan fingerprint density at radius 1 is 1.30 bits per heavy atom. The van der Waals surface area contributed by atoms with Gasteiger partial charge in [-0.3, -0.25) is 9.59 Å². The van der Waals surface area contributed by atoms with Gasteiger partial charge in [0.25, 0.3) is 0 Å². The fraction of sp³-hybridized carbons (Fsp3) is 0.500. The van der Waals surface area contributed by atoms with Gasteiger partial charge in [-0.2, -0.15) is 0 Å². The predicted octanol–water partition coefficient (Wildman–Crippen LogP) is 1.85. The van der Waals surface area contributed by atoms with Crippen molar-refractivity contribution in [1.29, 1.82) is 0 Å². The van der Waals surface area contributed by atoms with E-state index in [9.17, 15) is 9.59 Å². The minimum absolute atomic E-state index is 0.000265. The van der Waals surface area contributed by atoms with Gasteiger partial charge in [-0.25, -0.2) is 0 Å². The number of hydrogen-bond donors (Lipinski definition) is 2. The van der Waals surface area contributed by atoms with Crippen molar-refractivity contribution in [2.75, 3.05) is 26.2 Å². The van der Waals surface area contributed by atoms with Crippen LogP contribution in [0.1, 0.15) is 18.4 Å². The van der Waals surface area contributed by atoms with Crippen LogP contribution in [0.3, 0.4) is 0 Å². The van der Waals surface area contributed by atoms with E-state index in [2.05, 4.69) is 5.32 Å². The van der Waals surface area contributed by atoms with Crippen LogP contribution in [-0.4, -0.2) is 42.9 Å². The quantitative estimate of drug-likeness (QED) is 0.844. The number of carbonyl (C=O) groups is 2. The molecule has 1 aliphatic rings. The summed E-state index contributed by atoms with van der Waals surface area (Å²) in [5.41, 5.74) is 6.21. The molecule has 0 aromatic heterocycles. The Labute approximate surface area is 146 Å². The number of rotatable bonds is 5. The molecule has 1 heterocycles. The molecule has 0 radical (unpaired) electrons. The molecule has 3 N–H and O–H groups in total. The second-order valence-corrected chi connectivity index (χ2v) is 6.50.